The molecule has 0 atom stereocenters. The second-order valence-electron chi connectivity index (χ2n) is 5.87. The zero-order valence-electron chi connectivity index (χ0n) is 13.7. The molecule has 1 heterocycles. The van der Waals surface area contributed by atoms with E-state index in [2.05, 4.69) is 29.4 Å². The number of hydrogen-bond donors (Lipinski definition) is 0. The lowest BCUT2D eigenvalue weighted by atomic mass is 10.0. The van der Waals surface area contributed by atoms with Crippen LogP contribution in [-0.2, 0) is 17.8 Å². The summed E-state index contributed by atoms with van der Waals surface area (Å²) < 4.78 is 5.13. The number of aryl methyl sites for hydroxylation is 2. The van der Waals surface area contributed by atoms with Gasteiger partial charge in [-0.1, -0.05) is 47.6 Å². The zero-order valence-corrected chi connectivity index (χ0v) is 13.7. The van der Waals surface area contributed by atoms with Crippen molar-refractivity contribution in [2.45, 2.75) is 26.8 Å². The quantitative estimate of drug-likeness (QED) is 0.739. The predicted octanol–water partition coefficient (Wildman–Crippen LogP) is 3.65. The molecule has 0 bridgehead atoms. The normalized spacial score (nSPS) is 10.9. The summed E-state index contributed by atoms with van der Waals surface area (Å²) in [5.74, 6) is 0.779. The molecule has 0 fully saturated rings. The van der Waals surface area contributed by atoms with Crippen LogP contribution in [0, 0.1) is 13.8 Å². The van der Waals surface area contributed by atoms with E-state index in [1.54, 1.807) is 4.90 Å². The van der Waals surface area contributed by atoms with Crippen molar-refractivity contribution in [1.82, 2.24) is 10.1 Å². The van der Waals surface area contributed by atoms with Crippen LogP contribution in [0.4, 0.5) is 0 Å². The predicted molar refractivity (Wildman–Crippen MR) is 90.1 cm³/mol. The van der Waals surface area contributed by atoms with Crippen molar-refractivity contribution in [3.8, 4) is 0 Å². The van der Waals surface area contributed by atoms with Gasteiger partial charge in [0.05, 0.1) is 12.1 Å². The lowest BCUT2D eigenvalue weighted by Crippen LogP contribution is -2.28. The summed E-state index contributed by atoms with van der Waals surface area (Å²) in [6, 6.07) is 14.4. The first kappa shape index (κ1) is 15.3. The fraction of sp³-hybridized carbons (Fsp3) is 0.263. The highest BCUT2D eigenvalue weighted by Crippen LogP contribution is 2.20. The van der Waals surface area contributed by atoms with Gasteiger partial charge in [0.25, 0.3) is 0 Å². The van der Waals surface area contributed by atoms with Crippen molar-refractivity contribution in [3.63, 3.8) is 0 Å². The molecule has 0 unspecified atom stereocenters. The van der Waals surface area contributed by atoms with E-state index in [1.165, 1.54) is 10.8 Å². The van der Waals surface area contributed by atoms with Gasteiger partial charge in [-0.25, -0.2) is 0 Å². The zero-order chi connectivity index (χ0) is 16.4. The molecule has 0 saturated heterocycles. The first-order chi connectivity index (χ1) is 11.1. The Bertz CT molecular complexity index is 827. The molecule has 0 spiro atoms. The number of fused-ring (bicyclic) bond motifs is 1. The molecular weight excluding hydrogens is 288 g/mol. The maximum atomic E-state index is 12.5. The van der Waals surface area contributed by atoms with Crippen molar-refractivity contribution >= 4 is 16.7 Å². The maximum Gasteiger partial charge on any atom is 0.227 e. The molecule has 2 aromatic carbocycles. The molecule has 3 aromatic rings. The van der Waals surface area contributed by atoms with Gasteiger partial charge in [-0.15, -0.1) is 0 Å². The van der Waals surface area contributed by atoms with Gasteiger partial charge in [-0.05, 0) is 30.2 Å². The number of likely N-dealkylation sites (N-methyl/N-ethyl adjacent to an activating group) is 1. The van der Waals surface area contributed by atoms with E-state index >= 15 is 0 Å². The minimum Gasteiger partial charge on any atom is -0.361 e. The number of rotatable bonds is 4. The van der Waals surface area contributed by atoms with Crippen molar-refractivity contribution in [2.24, 2.45) is 0 Å². The third kappa shape index (κ3) is 3.11. The van der Waals surface area contributed by atoms with Crippen LogP contribution in [-0.4, -0.2) is 23.0 Å². The summed E-state index contributed by atoms with van der Waals surface area (Å²) in [4.78, 5) is 14.3. The highest BCUT2D eigenvalue weighted by molar-refractivity contribution is 5.86. The molecule has 4 heteroatoms. The van der Waals surface area contributed by atoms with E-state index < -0.39 is 0 Å². The number of carbonyl (C=O) groups is 1. The van der Waals surface area contributed by atoms with E-state index in [0.717, 1.165) is 22.6 Å². The van der Waals surface area contributed by atoms with Gasteiger partial charge >= 0.3 is 0 Å². The highest BCUT2D eigenvalue weighted by atomic mass is 16.5. The van der Waals surface area contributed by atoms with Gasteiger partial charge in [-0.2, -0.15) is 0 Å². The van der Waals surface area contributed by atoms with Crippen LogP contribution in [0.3, 0.4) is 0 Å². The van der Waals surface area contributed by atoms with Crippen LogP contribution >= 0.6 is 0 Å². The van der Waals surface area contributed by atoms with Crippen LogP contribution in [0.25, 0.3) is 10.8 Å². The standard InChI is InChI=1S/C19H20N2O2/c1-13-18(14(2)23-20-13)11-19(22)21(3)12-16-9-6-8-15-7-4-5-10-17(15)16/h4-10H,11-12H2,1-3H3. The van der Waals surface area contributed by atoms with Gasteiger partial charge in [0.1, 0.15) is 5.76 Å². The lowest BCUT2D eigenvalue weighted by molar-refractivity contribution is -0.129. The monoisotopic (exact) mass is 308 g/mol. The summed E-state index contributed by atoms with van der Waals surface area (Å²) >= 11 is 0. The summed E-state index contributed by atoms with van der Waals surface area (Å²) in [5.41, 5.74) is 2.83. The smallest absolute Gasteiger partial charge is 0.227 e. The summed E-state index contributed by atoms with van der Waals surface area (Å²) in [6.07, 6.45) is 0.322. The van der Waals surface area contributed by atoms with Crippen molar-refractivity contribution in [3.05, 3.63) is 65.0 Å². The second-order valence-corrected chi connectivity index (χ2v) is 5.87. The lowest BCUT2D eigenvalue weighted by Gasteiger charge is -2.18. The SMILES string of the molecule is Cc1noc(C)c1CC(=O)N(C)Cc1cccc2ccccc12. The largest absolute Gasteiger partial charge is 0.361 e. The fourth-order valence-electron chi connectivity index (χ4n) is 2.81. The van der Waals surface area contributed by atoms with Crippen LogP contribution in [0.5, 0.6) is 0 Å². The van der Waals surface area contributed by atoms with E-state index in [1.807, 2.05) is 39.1 Å². The van der Waals surface area contributed by atoms with Gasteiger partial charge in [0.2, 0.25) is 5.91 Å². The van der Waals surface area contributed by atoms with Gasteiger partial charge in [0.15, 0.2) is 0 Å². The van der Waals surface area contributed by atoms with Gasteiger partial charge in [0, 0.05) is 19.2 Å². The minimum atomic E-state index is 0.0623. The van der Waals surface area contributed by atoms with Crippen LogP contribution in [0.2, 0.25) is 0 Å². The Labute approximate surface area is 135 Å². The Balaban J connectivity index is 1.78. The van der Waals surface area contributed by atoms with E-state index in [9.17, 15) is 4.79 Å². The van der Waals surface area contributed by atoms with E-state index in [0.29, 0.717) is 13.0 Å². The molecule has 0 radical (unpaired) electrons. The Morgan fingerprint density at radius 3 is 2.61 bits per heavy atom. The maximum absolute atomic E-state index is 12.5. The molecule has 1 aromatic heterocycles. The minimum absolute atomic E-state index is 0.0623. The number of amides is 1. The molecule has 0 aliphatic heterocycles. The number of nitrogens with zero attached hydrogens (tertiary/aromatic N) is 2. The molecule has 0 aliphatic rings. The van der Waals surface area contributed by atoms with Gasteiger partial charge < -0.3 is 9.42 Å². The van der Waals surface area contributed by atoms with Crippen molar-refractivity contribution in [2.75, 3.05) is 7.05 Å². The molecule has 4 nitrogen and oxygen atoms in total. The Hall–Kier alpha value is -2.62. The third-order valence-electron chi connectivity index (χ3n) is 4.22. The van der Waals surface area contributed by atoms with E-state index in [4.69, 9.17) is 4.52 Å². The molecular formula is C19H20N2O2. The molecule has 23 heavy (non-hydrogen) atoms. The van der Waals surface area contributed by atoms with Crippen LogP contribution in [0.15, 0.2) is 47.0 Å². The molecule has 1 amide bonds. The Morgan fingerprint density at radius 1 is 1.13 bits per heavy atom. The van der Waals surface area contributed by atoms with Crippen LogP contribution in [0.1, 0.15) is 22.6 Å². The number of benzene rings is 2. The second kappa shape index (κ2) is 6.24. The molecule has 118 valence electrons. The number of carbonyl (C=O) groups excluding carboxylic acids is 1. The average Bonchev–Trinajstić information content (AvgIpc) is 2.87. The summed E-state index contributed by atoms with van der Waals surface area (Å²) in [5, 5.41) is 6.29. The topological polar surface area (TPSA) is 46.3 Å². The fourth-order valence-corrected chi connectivity index (χ4v) is 2.81. The molecule has 3 rings (SSSR count). The Morgan fingerprint density at radius 2 is 1.87 bits per heavy atom. The molecule has 0 saturated carbocycles. The number of aromatic nitrogens is 1. The summed E-state index contributed by atoms with van der Waals surface area (Å²) in [6.45, 7) is 4.29. The molecule has 0 aliphatic carbocycles. The molecule has 0 N–H and O–H groups in total. The van der Waals surface area contributed by atoms with Crippen molar-refractivity contribution < 1.29 is 9.32 Å². The Kier molecular flexibility index (Phi) is 4.15. The first-order valence-electron chi connectivity index (χ1n) is 7.68. The highest BCUT2D eigenvalue weighted by Gasteiger charge is 2.17. The van der Waals surface area contributed by atoms with Gasteiger partial charge in [-0.3, -0.25) is 4.79 Å². The number of hydrogen-bond acceptors (Lipinski definition) is 3. The third-order valence-corrected chi connectivity index (χ3v) is 4.22. The van der Waals surface area contributed by atoms with E-state index in [-0.39, 0.29) is 5.91 Å². The summed E-state index contributed by atoms with van der Waals surface area (Å²) in [7, 11) is 1.84. The van der Waals surface area contributed by atoms with Crippen molar-refractivity contribution in [1.29, 1.82) is 0 Å². The van der Waals surface area contributed by atoms with Crippen LogP contribution < -0.4 is 0 Å². The first-order valence-corrected chi connectivity index (χ1v) is 7.68. The average molecular weight is 308 g/mol.